The first kappa shape index (κ1) is 22.7. The predicted octanol–water partition coefficient (Wildman–Crippen LogP) is 7.68. The van der Waals surface area contributed by atoms with E-state index in [1.807, 2.05) is 25.4 Å². The monoisotopic (exact) mass is 456 g/mol. The van der Waals surface area contributed by atoms with E-state index >= 15 is 0 Å². The largest absolute Gasteiger partial charge is 0.299 e. The van der Waals surface area contributed by atoms with Crippen molar-refractivity contribution in [2.24, 2.45) is 10.9 Å². The van der Waals surface area contributed by atoms with Gasteiger partial charge in [-0.15, -0.1) is 0 Å². The molecule has 0 spiro atoms. The van der Waals surface area contributed by atoms with Gasteiger partial charge in [0.2, 0.25) is 0 Å². The van der Waals surface area contributed by atoms with Crippen LogP contribution in [0, 0.1) is 19.8 Å². The molecule has 2 unspecified atom stereocenters. The van der Waals surface area contributed by atoms with Crippen LogP contribution in [-0.4, -0.2) is 16.5 Å². The number of aryl methyl sites for hydroxylation is 2. The van der Waals surface area contributed by atoms with Crippen LogP contribution in [0.5, 0.6) is 0 Å². The van der Waals surface area contributed by atoms with Crippen molar-refractivity contribution < 1.29 is 9.07 Å². The summed E-state index contributed by atoms with van der Waals surface area (Å²) in [6.07, 6.45) is 18.5. The van der Waals surface area contributed by atoms with E-state index in [1.165, 1.54) is 41.7 Å². The van der Waals surface area contributed by atoms with Gasteiger partial charge in [0.05, 0.1) is 5.71 Å². The van der Waals surface area contributed by atoms with E-state index in [-0.39, 0.29) is 10.1 Å². The van der Waals surface area contributed by atoms with Crippen LogP contribution in [0.15, 0.2) is 77.1 Å². The maximum absolute atomic E-state index is 12.9. The van der Waals surface area contributed by atoms with Crippen molar-refractivity contribution in [1.29, 1.82) is 0 Å². The van der Waals surface area contributed by atoms with Crippen molar-refractivity contribution >= 4 is 11.5 Å². The molecule has 0 saturated heterocycles. The van der Waals surface area contributed by atoms with Gasteiger partial charge in [0.25, 0.3) is 0 Å². The number of aromatic nitrogens is 1. The SMILES string of the molecule is Cc1ccnc(C)c1CC(=O)Cc1cccc(C2CCCC(C3=NC=CCC4=C3C=CC4)C2)c1.[HH].[HH].[HH]. The highest BCUT2D eigenvalue weighted by Crippen LogP contribution is 2.40. The topological polar surface area (TPSA) is 42.3 Å². The van der Waals surface area contributed by atoms with E-state index in [1.54, 1.807) is 0 Å². The summed E-state index contributed by atoms with van der Waals surface area (Å²) in [7, 11) is 0. The fraction of sp³-hybridized carbons (Fsp3) is 0.387. The lowest BCUT2D eigenvalue weighted by molar-refractivity contribution is -0.117. The summed E-state index contributed by atoms with van der Waals surface area (Å²) < 4.78 is 0. The third-order valence-corrected chi connectivity index (χ3v) is 7.75. The third kappa shape index (κ3) is 4.89. The quantitative estimate of drug-likeness (QED) is 0.447. The summed E-state index contributed by atoms with van der Waals surface area (Å²) in [5.74, 6) is 1.29. The number of ketones is 1. The standard InChI is InChI=1S/C31H34N2O.3H2/c1-21-14-16-32-22(2)30(21)20-28(34)18-23-7-3-9-25(17-23)26-10-4-11-27(19-26)31-29-13-5-8-24(29)12-6-15-33-31;;;/h3,5-7,9,13-17,26-27H,4,8,10-12,18-20H2,1-2H3;3*1H. The molecule has 1 saturated carbocycles. The first-order valence-electron chi connectivity index (χ1n) is 12.7. The number of aliphatic imine (C=N–C) groups is 1. The molecule has 0 N–H and O–H groups in total. The zero-order valence-corrected chi connectivity index (χ0v) is 20.4. The third-order valence-electron chi connectivity index (χ3n) is 7.75. The summed E-state index contributed by atoms with van der Waals surface area (Å²) in [5.41, 5.74) is 9.91. The summed E-state index contributed by atoms with van der Waals surface area (Å²) in [6, 6.07) is 10.8. The molecule has 3 aliphatic rings. The van der Waals surface area contributed by atoms with Crippen LogP contribution in [0.3, 0.4) is 0 Å². The minimum atomic E-state index is 0. The average Bonchev–Trinajstić information content (AvgIpc) is 3.21. The van der Waals surface area contributed by atoms with E-state index in [4.69, 9.17) is 4.99 Å². The molecular weight excluding hydrogens is 416 g/mol. The molecule has 0 bridgehead atoms. The smallest absolute Gasteiger partial charge is 0.141 e. The number of carbonyl (C=O) groups excluding carboxylic acids is 1. The lowest BCUT2D eigenvalue weighted by atomic mass is 9.74. The van der Waals surface area contributed by atoms with Gasteiger partial charge in [-0.1, -0.05) is 54.5 Å². The first-order valence-corrected chi connectivity index (χ1v) is 12.7. The van der Waals surface area contributed by atoms with Crippen LogP contribution in [0.2, 0.25) is 0 Å². The molecule has 3 nitrogen and oxygen atoms in total. The number of pyridine rings is 1. The maximum Gasteiger partial charge on any atom is 0.141 e. The van der Waals surface area contributed by atoms with E-state index in [2.05, 4.69) is 54.4 Å². The number of hydrogen-bond acceptors (Lipinski definition) is 3. The summed E-state index contributed by atoms with van der Waals surface area (Å²) in [6.45, 7) is 4.05. The Morgan fingerprint density at radius 1 is 1.06 bits per heavy atom. The second-order valence-corrected chi connectivity index (χ2v) is 10.1. The molecule has 2 atom stereocenters. The van der Waals surface area contributed by atoms with Gasteiger partial charge in [-0.2, -0.15) is 0 Å². The highest BCUT2D eigenvalue weighted by atomic mass is 16.1. The second-order valence-electron chi connectivity index (χ2n) is 10.1. The summed E-state index contributed by atoms with van der Waals surface area (Å²) in [5, 5.41) is 0. The van der Waals surface area contributed by atoms with Crippen LogP contribution in [0.1, 0.15) is 76.7 Å². The molecule has 34 heavy (non-hydrogen) atoms. The van der Waals surface area contributed by atoms with Gasteiger partial charge in [0, 0.05) is 41.1 Å². The van der Waals surface area contributed by atoms with Crippen molar-refractivity contribution in [3.8, 4) is 0 Å². The molecule has 1 fully saturated rings. The highest BCUT2D eigenvalue weighted by molar-refractivity contribution is 6.06. The Morgan fingerprint density at radius 3 is 2.79 bits per heavy atom. The van der Waals surface area contributed by atoms with Crippen LogP contribution < -0.4 is 0 Å². The molecule has 1 aromatic heterocycles. The van der Waals surface area contributed by atoms with Crippen molar-refractivity contribution in [1.82, 2.24) is 4.98 Å². The number of hydrogen-bond donors (Lipinski definition) is 0. The van der Waals surface area contributed by atoms with Crippen LogP contribution in [-0.2, 0) is 17.6 Å². The van der Waals surface area contributed by atoms with Crippen LogP contribution in [0.25, 0.3) is 0 Å². The van der Waals surface area contributed by atoms with Crippen molar-refractivity contribution in [3.63, 3.8) is 0 Å². The van der Waals surface area contributed by atoms with E-state index in [0.717, 1.165) is 41.6 Å². The highest BCUT2D eigenvalue weighted by Gasteiger charge is 2.30. The van der Waals surface area contributed by atoms with Gasteiger partial charge in [-0.25, -0.2) is 0 Å². The lowest BCUT2D eigenvalue weighted by Crippen LogP contribution is -2.23. The molecule has 3 heteroatoms. The molecule has 2 heterocycles. The fourth-order valence-electron chi connectivity index (χ4n) is 5.91. The summed E-state index contributed by atoms with van der Waals surface area (Å²) >= 11 is 0. The predicted molar refractivity (Wildman–Crippen MR) is 146 cm³/mol. The molecule has 0 radical (unpaired) electrons. The molecular formula is C31H40N2O. The van der Waals surface area contributed by atoms with Gasteiger partial charge in [-0.3, -0.25) is 14.8 Å². The molecule has 2 aromatic rings. The molecule has 180 valence electrons. The zero-order chi connectivity index (χ0) is 23.5. The van der Waals surface area contributed by atoms with Gasteiger partial charge >= 0.3 is 0 Å². The van der Waals surface area contributed by atoms with Crippen molar-refractivity contribution in [3.05, 3.63) is 100 Å². The molecule has 0 amide bonds. The van der Waals surface area contributed by atoms with Gasteiger partial charge < -0.3 is 0 Å². The number of carbonyl (C=O) groups is 1. The van der Waals surface area contributed by atoms with Gasteiger partial charge in [-0.05, 0) is 85.8 Å². The summed E-state index contributed by atoms with van der Waals surface area (Å²) in [4.78, 5) is 22.2. The number of benzene rings is 1. The zero-order valence-electron chi connectivity index (χ0n) is 20.4. The van der Waals surface area contributed by atoms with E-state index < -0.39 is 0 Å². The molecule has 1 aromatic carbocycles. The molecule has 5 rings (SSSR count). The Balaban J connectivity index is 0.00000160. The number of Topliss-reactive ketones (excluding diaryl/α,β-unsaturated/α-hetero) is 1. The first-order chi connectivity index (χ1) is 16.6. The van der Waals surface area contributed by atoms with Crippen molar-refractivity contribution in [2.45, 2.75) is 71.1 Å². The Morgan fingerprint density at radius 2 is 1.91 bits per heavy atom. The van der Waals surface area contributed by atoms with E-state index in [0.29, 0.717) is 24.7 Å². The van der Waals surface area contributed by atoms with Gasteiger partial charge in [0.1, 0.15) is 5.78 Å². The fourth-order valence-corrected chi connectivity index (χ4v) is 5.91. The lowest BCUT2D eigenvalue weighted by Gasteiger charge is -2.31. The minimum Gasteiger partial charge on any atom is -0.299 e. The number of rotatable bonds is 6. The van der Waals surface area contributed by atoms with E-state index in [9.17, 15) is 4.79 Å². The maximum atomic E-state index is 12.9. The number of allylic oxidation sites excluding steroid dienone is 5. The van der Waals surface area contributed by atoms with Crippen LogP contribution >= 0.6 is 0 Å². The minimum absolute atomic E-state index is 0. The second kappa shape index (κ2) is 10.0. The van der Waals surface area contributed by atoms with Crippen LogP contribution in [0.4, 0.5) is 0 Å². The molecule has 2 aliphatic carbocycles. The Labute approximate surface area is 207 Å². The number of nitrogens with zero attached hydrogens (tertiary/aromatic N) is 2. The molecule has 1 aliphatic heterocycles. The Bertz CT molecular complexity index is 1210. The average molecular weight is 457 g/mol. The Kier molecular flexibility index (Phi) is 6.71. The van der Waals surface area contributed by atoms with Crippen molar-refractivity contribution in [2.75, 3.05) is 0 Å². The Hall–Kier alpha value is -3.07. The van der Waals surface area contributed by atoms with Gasteiger partial charge in [0.15, 0.2) is 0 Å². The normalized spacial score (nSPS) is 21.9.